The summed E-state index contributed by atoms with van der Waals surface area (Å²) in [5, 5.41) is 13.9. The van der Waals surface area contributed by atoms with Crippen molar-refractivity contribution in [2.45, 2.75) is 20.3 Å². The van der Waals surface area contributed by atoms with Crippen LogP contribution in [0.4, 0.5) is 5.69 Å². The summed E-state index contributed by atoms with van der Waals surface area (Å²) in [7, 11) is 0. The van der Waals surface area contributed by atoms with Crippen molar-refractivity contribution in [1.82, 2.24) is 10.2 Å². The molecule has 160 valence electrons. The second kappa shape index (κ2) is 11.1. The van der Waals surface area contributed by atoms with E-state index in [1.807, 2.05) is 25.1 Å². The van der Waals surface area contributed by atoms with Gasteiger partial charge in [0.05, 0.1) is 19.6 Å². The average molecular weight is 427 g/mol. The highest BCUT2D eigenvalue weighted by molar-refractivity contribution is 7.15. The van der Waals surface area contributed by atoms with Gasteiger partial charge in [-0.2, -0.15) is 0 Å². The molecule has 3 N–H and O–H groups in total. The Hall–Kier alpha value is -2.48. The van der Waals surface area contributed by atoms with Crippen LogP contribution in [-0.4, -0.2) is 55.9 Å². The molecule has 3 rings (SSSR count). The number of nitrogens with one attached hydrogen (secondary N) is 3. The molecule has 7 heteroatoms. The normalized spacial score (nSPS) is 15.1. The summed E-state index contributed by atoms with van der Waals surface area (Å²) in [6, 6.07) is 12.3. The predicted octanol–water partition coefficient (Wildman–Crippen LogP) is 3.76. The molecule has 30 heavy (non-hydrogen) atoms. The van der Waals surface area contributed by atoms with Gasteiger partial charge in [-0.25, -0.2) is 0 Å². The van der Waals surface area contributed by atoms with Crippen LogP contribution in [-0.2, 0) is 16.0 Å². The van der Waals surface area contributed by atoms with E-state index >= 15 is 0 Å². The maximum atomic E-state index is 12.3. The summed E-state index contributed by atoms with van der Waals surface area (Å²) in [6.45, 7) is 8.69. The van der Waals surface area contributed by atoms with Crippen LogP contribution in [0.2, 0.25) is 0 Å². The quantitative estimate of drug-likeness (QED) is 0.534. The number of benzene rings is 1. The Kier molecular flexibility index (Phi) is 8.19. The number of carbonyl (C=O) groups is 1. The van der Waals surface area contributed by atoms with Gasteiger partial charge in [0.1, 0.15) is 0 Å². The van der Waals surface area contributed by atoms with Crippen LogP contribution in [0.15, 0.2) is 48.2 Å². The molecule has 1 aliphatic heterocycles. The van der Waals surface area contributed by atoms with Gasteiger partial charge in [-0.1, -0.05) is 12.1 Å². The second-order valence-electron chi connectivity index (χ2n) is 7.46. The molecule has 1 aromatic heterocycles. The first-order valence-electron chi connectivity index (χ1n) is 10.3. The highest BCUT2D eigenvalue weighted by Crippen LogP contribution is 2.30. The molecule has 0 saturated carbocycles. The fourth-order valence-corrected chi connectivity index (χ4v) is 4.37. The highest BCUT2D eigenvalue weighted by Gasteiger charge is 2.11. The first kappa shape index (κ1) is 22.2. The van der Waals surface area contributed by atoms with E-state index in [-0.39, 0.29) is 5.91 Å². The molecule has 6 nitrogen and oxygen atoms in total. The van der Waals surface area contributed by atoms with Crippen LogP contribution in [0, 0.1) is 5.41 Å². The van der Waals surface area contributed by atoms with Crippen molar-refractivity contribution in [3.05, 3.63) is 53.0 Å². The van der Waals surface area contributed by atoms with Crippen LogP contribution < -0.4 is 10.6 Å². The molecule has 2 aromatic rings. The molecular weight excluding hydrogens is 396 g/mol. The monoisotopic (exact) mass is 426 g/mol. The van der Waals surface area contributed by atoms with Crippen LogP contribution >= 0.6 is 11.3 Å². The first-order valence-corrected chi connectivity index (χ1v) is 11.1. The number of nitrogens with zero attached hydrogens (tertiary/aromatic N) is 1. The van der Waals surface area contributed by atoms with Gasteiger partial charge in [0.2, 0.25) is 5.91 Å². The Morgan fingerprint density at radius 3 is 2.80 bits per heavy atom. The fraction of sp³-hybridized carbons (Fsp3) is 0.391. The minimum Gasteiger partial charge on any atom is -0.379 e. The Balaban J connectivity index is 1.52. The lowest BCUT2D eigenvalue weighted by Crippen LogP contribution is -2.41. The first-order chi connectivity index (χ1) is 14.5. The summed E-state index contributed by atoms with van der Waals surface area (Å²) in [5.41, 5.74) is 3.55. The van der Waals surface area contributed by atoms with Crippen molar-refractivity contribution in [2.24, 2.45) is 0 Å². The van der Waals surface area contributed by atoms with E-state index in [1.165, 1.54) is 0 Å². The van der Waals surface area contributed by atoms with Crippen molar-refractivity contribution >= 4 is 28.6 Å². The third kappa shape index (κ3) is 7.09. The van der Waals surface area contributed by atoms with Gasteiger partial charge in [0.15, 0.2) is 0 Å². The lowest BCUT2D eigenvalue weighted by molar-refractivity contribution is -0.120. The molecule has 1 amide bonds. The zero-order chi connectivity index (χ0) is 21.3. The number of morpholine rings is 1. The average Bonchev–Trinajstić information content (AvgIpc) is 3.17. The Morgan fingerprint density at radius 1 is 1.23 bits per heavy atom. The number of anilines is 1. The van der Waals surface area contributed by atoms with Gasteiger partial charge in [-0.05, 0) is 49.8 Å². The lowest BCUT2D eigenvalue weighted by Gasteiger charge is -2.26. The van der Waals surface area contributed by atoms with Crippen molar-refractivity contribution in [3.8, 4) is 10.4 Å². The zero-order valence-corrected chi connectivity index (χ0v) is 18.5. The number of thiophene rings is 1. The maximum Gasteiger partial charge on any atom is 0.225 e. The van der Waals surface area contributed by atoms with Crippen molar-refractivity contribution in [2.75, 3.05) is 44.7 Å². The van der Waals surface area contributed by atoms with Gasteiger partial charge in [-0.3, -0.25) is 9.69 Å². The van der Waals surface area contributed by atoms with Crippen LogP contribution in [0.1, 0.15) is 18.7 Å². The number of allylic oxidation sites excluding steroid dienone is 2. The number of hydrogen-bond acceptors (Lipinski definition) is 6. The minimum atomic E-state index is 0.0647. The Labute approximate surface area is 182 Å². The highest BCUT2D eigenvalue weighted by atomic mass is 32.1. The summed E-state index contributed by atoms with van der Waals surface area (Å²) in [4.78, 5) is 16.8. The number of ether oxygens (including phenoxy) is 1. The molecule has 1 aromatic carbocycles. The van der Waals surface area contributed by atoms with Gasteiger partial charge in [0, 0.05) is 53.0 Å². The molecule has 0 atom stereocenters. The van der Waals surface area contributed by atoms with E-state index in [1.54, 1.807) is 24.3 Å². The van der Waals surface area contributed by atoms with E-state index in [9.17, 15) is 4.79 Å². The third-order valence-electron chi connectivity index (χ3n) is 4.77. The lowest BCUT2D eigenvalue weighted by atomic mass is 10.1. The second-order valence-corrected chi connectivity index (χ2v) is 8.63. The molecule has 1 fully saturated rings. The summed E-state index contributed by atoms with van der Waals surface area (Å²) >= 11 is 1.65. The van der Waals surface area contributed by atoms with Gasteiger partial charge in [0.25, 0.3) is 0 Å². The zero-order valence-electron chi connectivity index (χ0n) is 17.7. The smallest absolute Gasteiger partial charge is 0.225 e. The van der Waals surface area contributed by atoms with Crippen LogP contribution in [0.5, 0.6) is 0 Å². The number of rotatable bonds is 9. The fourth-order valence-electron chi connectivity index (χ4n) is 3.37. The number of carbonyl (C=O) groups excluding carboxylic acids is 1. The van der Waals surface area contributed by atoms with E-state index in [4.69, 9.17) is 10.1 Å². The minimum absolute atomic E-state index is 0.0647. The van der Waals surface area contributed by atoms with Crippen molar-refractivity contribution < 1.29 is 9.53 Å². The standard InChI is InChI=1S/C23H30N4O2S/c1-17(24)14-18(2)26-20-5-3-4-19(15-20)22-7-6-21(30-22)16-23(28)25-8-9-27-10-12-29-13-11-27/h3-7,14-15,24,26H,8-13,16H2,1-2H3,(H,25,28)/b18-14-,24-17?. The molecule has 0 aliphatic carbocycles. The van der Waals surface area contributed by atoms with Gasteiger partial charge < -0.3 is 20.8 Å². The van der Waals surface area contributed by atoms with Crippen molar-refractivity contribution in [3.63, 3.8) is 0 Å². The largest absolute Gasteiger partial charge is 0.379 e. The molecule has 0 bridgehead atoms. The SMILES string of the molecule is CC(=N)/C=C(/C)Nc1cccc(-c2ccc(CC(=O)NCCN3CCOCC3)s2)c1. The molecule has 0 spiro atoms. The van der Waals surface area contributed by atoms with Gasteiger partial charge >= 0.3 is 0 Å². The summed E-state index contributed by atoms with van der Waals surface area (Å²) < 4.78 is 5.34. The van der Waals surface area contributed by atoms with Crippen LogP contribution in [0.3, 0.4) is 0 Å². The summed E-state index contributed by atoms with van der Waals surface area (Å²) in [5.74, 6) is 0.0647. The van der Waals surface area contributed by atoms with Crippen molar-refractivity contribution in [1.29, 1.82) is 5.41 Å². The van der Waals surface area contributed by atoms with E-state index in [0.29, 0.717) is 18.7 Å². The Bertz CT molecular complexity index is 900. The maximum absolute atomic E-state index is 12.3. The van der Waals surface area contributed by atoms with E-state index in [2.05, 4.69) is 33.7 Å². The van der Waals surface area contributed by atoms with E-state index < -0.39 is 0 Å². The van der Waals surface area contributed by atoms with Crippen LogP contribution in [0.25, 0.3) is 10.4 Å². The van der Waals surface area contributed by atoms with E-state index in [0.717, 1.165) is 59.6 Å². The molecule has 1 saturated heterocycles. The Morgan fingerprint density at radius 2 is 2.03 bits per heavy atom. The predicted molar refractivity (Wildman–Crippen MR) is 125 cm³/mol. The topological polar surface area (TPSA) is 77.5 Å². The number of hydrogen-bond donors (Lipinski definition) is 3. The molecule has 0 radical (unpaired) electrons. The number of amides is 1. The molecule has 0 unspecified atom stereocenters. The van der Waals surface area contributed by atoms with Gasteiger partial charge in [-0.15, -0.1) is 11.3 Å². The third-order valence-corrected chi connectivity index (χ3v) is 5.91. The molecule has 1 aliphatic rings. The molecule has 2 heterocycles. The molecular formula is C23H30N4O2S. The summed E-state index contributed by atoms with van der Waals surface area (Å²) in [6.07, 6.45) is 2.21.